The first-order valence-electron chi connectivity index (χ1n) is 15.3. The second-order valence-corrected chi connectivity index (χ2v) is 12.2. The van der Waals surface area contributed by atoms with Crippen molar-refractivity contribution in [2.45, 2.75) is 38.5 Å². The number of nitrogens with zero attached hydrogens (tertiary/aromatic N) is 3. The Bertz CT molecular complexity index is 1950. The molecule has 5 aromatic rings. The van der Waals surface area contributed by atoms with E-state index in [1.807, 2.05) is 54.2 Å². The Morgan fingerprint density at radius 1 is 1.04 bits per heavy atom. The lowest BCUT2D eigenvalue weighted by atomic mass is 9.96. The van der Waals surface area contributed by atoms with Gasteiger partial charge in [-0.3, -0.25) is 9.48 Å². The summed E-state index contributed by atoms with van der Waals surface area (Å²) in [6.07, 6.45) is 3.08. The fourth-order valence-electron chi connectivity index (χ4n) is 6.04. The second-order valence-electron chi connectivity index (χ2n) is 11.4. The molecule has 1 aliphatic rings. The number of methoxy groups -OCH3 is 2. The van der Waals surface area contributed by atoms with Crippen LogP contribution in [0.5, 0.6) is 11.6 Å². The van der Waals surface area contributed by atoms with Gasteiger partial charge in [0.05, 0.1) is 48.2 Å². The zero-order valence-corrected chi connectivity index (χ0v) is 27.8. The van der Waals surface area contributed by atoms with Crippen LogP contribution >= 0.6 is 23.2 Å². The van der Waals surface area contributed by atoms with Gasteiger partial charge in [-0.05, 0) is 48.9 Å². The maximum atomic E-state index is 15.6. The van der Waals surface area contributed by atoms with E-state index >= 15 is 4.39 Å². The van der Waals surface area contributed by atoms with Gasteiger partial charge in [-0.15, -0.1) is 0 Å². The number of rotatable bonds is 12. The van der Waals surface area contributed by atoms with Crippen LogP contribution < -0.4 is 25.4 Å². The van der Waals surface area contributed by atoms with Gasteiger partial charge in [0.1, 0.15) is 11.6 Å². The largest absolute Gasteiger partial charge is 0.496 e. The SMILES string of the molecule is CNCc1cc(Cl)c(Cn2ncc3c(-c4cccc(-c5cc(F)c(CNCC6CCC(=O)N6)c(OC)c5)c4Cl)cccc32)nc1OC. The van der Waals surface area contributed by atoms with E-state index < -0.39 is 5.82 Å². The average Bonchev–Trinajstić information content (AvgIpc) is 3.68. The van der Waals surface area contributed by atoms with E-state index in [4.69, 9.17) is 32.7 Å². The maximum Gasteiger partial charge on any atom is 0.220 e. The van der Waals surface area contributed by atoms with Crippen LogP contribution in [0, 0.1) is 5.82 Å². The normalized spacial score (nSPS) is 14.5. The molecule has 0 spiro atoms. The number of carbonyl (C=O) groups is 1. The highest BCUT2D eigenvalue weighted by atomic mass is 35.5. The zero-order chi connectivity index (χ0) is 33.1. The highest BCUT2D eigenvalue weighted by Gasteiger charge is 2.22. The summed E-state index contributed by atoms with van der Waals surface area (Å²) in [7, 11) is 4.96. The lowest BCUT2D eigenvalue weighted by Crippen LogP contribution is -2.35. The molecule has 1 saturated heterocycles. The summed E-state index contributed by atoms with van der Waals surface area (Å²) in [5.74, 6) is 0.560. The van der Waals surface area contributed by atoms with Gasteiger partial charge < -0.3 is 25.4 Å². The summed E-state index contributed by atoms with van der Waals surface area (Å²) in [4.78, 5) is 16.2. The second kappa shape index (κ2) is 14.3. The summed E-state index contributed by atoms with van der Waals surface area (Å²) >= 11 is 13.7. The van der Waals surface area contributed by atoms with Crippen LogP contribution in [-0.2, 0) is 24.4 Å². The minimum absolute atomic E-state index is 0.0433. The van der Waals surface area contributed by atoms with Crippen LogP contribution in [0.3, 0.4) is 0 Å². The van der Waals surface area contributed by atoms with E-state index in [-0.39, 0.29) is 18.5 Å². The highest BCUT2D eigenvalue weighted by Crippen LogP contribution is 2.41. The van der Waals surface area contributed by atoms with E-state index in [1.54, 1.807) is 19.4 Å². The van der Waals surface area contributed by atoms with E-state index in [1.165, 1.54) is 13.2 Å². The van der Waals surface area contributed by atoms with Crippen LogP contribution in [0.2, 0.25) is 10.0 Å². The summed E-state index contributed by atoms with van der Waals surface area (Å²) < 4.78 is 28.5. The molecule has 0 aliphatic carbocycles. The fraction of sp³-hybridized carbons (Fsp3) is 0.286. The molecule has 1 fully saturated rings. The molecule has 1 amide bonds. The van der Waals surface area contributed by atoms with Crippen LogP contribution in [-0.4, -0.2) is 54.5 Å². The number of nitrogens with one attached hydrogen (secondary N) is 3. The van der Waals surface area contributed by atoms with Gasteiger partial charge in [0.2, 0.25) is 11.8 Å². The Labute approximate surface area is 282 Å². The van der Waals surface area contributed by atoms with Crippen molar-refractivity contribution < 1.29 is 18.7 Å². The summed E-state index contributed by atoms with van der Waals surface area (Å²) in [5.41, 5.74) is 5.72. The molecule has 6 rings (SSSR count). The molecule has 47 heavy (non-hydrogen) atoms. The minimum Gasteiger partial charge on any atom is -0.496 e. The lowest BCUT2D eigenvalue weighted by Gasteiger charge is -2.16. The first-order chi connectivity index (χ1) is 22.8. The number of carbonyl (C=O) groups excluding carboxylic acids is 1. The number of ether oxygens (including phenoxy) is 2. The van der Waals surface area contributed by atoms with E-state index in [0.717, 1.165) is 34.0 Å². The Balaban J connectivity index is 1.29. The smallest absolute Gasteiger partial charge is 0.220 e. The Hall–Kier alpha value is -4.22. The molecule has 244 valence electrons. The lowest BCUT2D eigenvalue weighted by molar-refractivity contribution is -0.119. The van der Waals surface area contributed by atoms with Crippen molar-refractivity contribution in [3.8, 4) is 33.9 Å². The molecule has 9 nitrogen and oxygen atoms in total. The minimum atomic E-state index is -0.407. The van der Waals surface area contributed by atoms with Crippen LogP contribution in [0.25, 0.3) is 33.2 Å². The number of benzene rings is 3. The standard InChI is InChI=1S/C35H35Cl2FN6O3/c1-39-15-21-12-28(36)30(43-35(21)47-3)19-44-31-9-5-7-24(26(31)18-41-44)25-8-4-6-23(34(25)37)20-13-29(38)27(32(14-20)46-2)17-40-16-22-10-11-33(45)42-22/h4-9,12-14,18,22,39-40H,10-11,15-17,19H2,1-3H3,(H,42,45). The Morgan fingerprint density at radius 2 is 1.83 bits per heavy atom. The van der Waals surface area contributed by atoms with Gasteiger partial charge in [0.15, 0.2) is 0 Å². The predicted molar refractivity (Wildman–Crippen MR) is 183 cm³/mol. The third kappa shape index (κ3) is 6.78. The first-order valence-corrected chi connectivity index (χ1v) is 16.0. The topological polar surface area (TPSA) is 102 Å². The number of halogens is 3. The highest BCUT2D eigenvalue weighted by molar-refractivity contribution is 6.36. The molecule has 1 unspecified atom stereocenters. The third-order valence-electron chi connectivity index (χ3n) is 8.39. The number of aromatic nitrogens is 3. The van der Waals surface area contributed by atoms with Crippen LogP contribution in [0.15, 0.2) is 60.8 Å². The van der Waals surface area contributed by atoms with E-state index in [0.29, 0.717) is 70.1 Å². The maximum absolute atomic E-state index is 15.6. The monoisotopic (exact) mass is 676 g/mol. The fourth-order valence-corrected chi connectivity index (χ4v) is 6.61. The van der Waals surface area contributed by atoms with Gasteiger partial charge in [0, 0.05) is 59.7 Å². The van der Waals surface area contributed by atoms with E-state index in [2.05, 4.69) is 26.0 Å². The van der Waals surface area contributed by atoms with Crippen LogP contribution in [0.4, 0.5) is 4.39 Å². The number of fused-ring (bicyclic) bond motifs is 1. The molecule has 1 atom stereocenters. The van der Waals surface area contributed by atoms with Crippen LogP contribution in [0.1, 0.15) is 29.7 Å². The molecular weight excluding hydrogens is 642 g/mol. The van der Waals surface area contributed by atoms with Crippen molar-refractivity contribution in [1.29, 1.82) is 0 Å². The van der Waals surface area contributed by atoms with Crippen molar-refractivity contribution in [3.05, 3.63) is 93.5 Å². The zero-order valence-electron chi connectivity index (χ0n) is 26.3. The van der Waals surface area contributed by atoms with Gasteiger partial charge in [-0.2, -0.15) is 5.10 Å². The molecule has 3 heterocycles. The van der Waals surface area contributed by atoms with Gasteiger partial charge >= 0.3 is 0 Å². The average molecular weight is 678 g/mol. The molecule has 1 aliphatic heterocycles. The molecule has 0 saturated carbocycles. The summed E-state index contributed by atoms with van der Waals surface area (Å²) in [5, 5.41) is 15.8. The number of pyridine rings is 1. The van der Waals surface area contributed by atoms with Gasteiger partial charge in [0.25, 0.3) is 0 Å². The third-order valence-corrected chi connectivity index (χ3v) is 9.12. The molecule has 12 heteroatoms. The van der Waals surface area contributed by atoms with Crippen molar-refractivity contribution in [3.63, 3.8) is 0 Å². The summed E-state index contributed by atoms with van der Waals surface area (Å²) in [6, 6.07) is 16.8. The quantitative estimate of drug-likeness (QED) is 0.141. The van der Waals surface area contributed by atoms with Crippen molar-refractivity contribution >= 4 is 40.0 Å². The molecule has 0 bridgehead atoms. The number of amides is 1. The Morgan fingerprint density at radius 3 is 2.57 bits per heavy atom. The van der Waals surface area contributed by atoms with E-state index in [9.17, 15) is 4.79 Å². The van der Waals surface area contributed by atoms with Crippen molar-refractivity contribution in [1.82, 2.24) is 30.7 Å². The molecular formula is C35H35Cl2FN6O3. The van der Waals surface area contributed by atoms with Gasteiger partial charge in [-0.1, -0.05) is 53.5 Å². The van der Waals surface area contributed by atoms with Gasteiger partial charge in [-0.25, -0.2) is 9.37 Å². The molecule has 2 aromatic heterocycles. The number of hydrogen-bond acceptors (Lipinski definition) is 7. The molecule has 3 aromatic carbocycles. The van der Waals surface area contributed by atoms with Crippen molar-refractivity contribution in [2.24, 2.45) is 0 Å². The predicted octanol–water partition coefficient (Wildman–Crippen LogP) is 6.36. The Kier molecular flexibility index (Phi) is 9.93. The number of hydrogen-bond donors (Lipinski definition) is 3. The first kappa shape index (κ1) is 32.7. The molecule has 0 radical (unpaired) electrons. The summed E-state index contributed by atoms with van der Waals surface area (Å²) in [6.45, 7) is 1.72. The van der Waals surface area contributed by atoms with Crippen molar-refractivity contribution in [2.75, 3.05) is 27.8 Å². The molecule has 3 N–H and O–H groups in total.